The van der Waals surface area contributed by atoms with Gasteiger partial charge in [-0.15, -0.1) is 0 Å². The van der Waals surface area contributed by atoms with Crippen molar-refractivity contribution in [2.24, 2.45) is 10.7 Å². The van der Waals surface area contributed by atoms with E-state index >= 15 is 4.39 Å². The predicted molar refractivity (Wildman–Crippen MR) is 129 cm³/mol. The molecule has 0 saturated carbocycles. The smallest absolute Gasteiger partial charge is 0.212 e. The molecule has 0 bridgehead atoms. The fourth-order valence-corrected chi connectivity index (χ4v) is 3.91. The lowest BCUT2D eigenvalue weighted by molar-refractivity contribution is -0.126. The number of allylic oxidation sites excluding steroid dienone is 1. The standard InChI is InChI=1S/C26H32FN3O3/c1-18-13-22(14-20-6-8-21(9-7-20)24(28)10-11-29-3)19(2)25(27)26(18)33-17-30(16-31)23-5-4-12-32-15-23/h6-11,13,16,23H,4-5,12,14-15,17,28H2,1-3H3. The summed E-state index contributed by atoms with van der Waals surface area (Å²) in [6.07, 6.45) is 6.49. The molecule has 1 saturated heterocycles. The maximum absolute atomic E-state index is 15.2. The molecule has 2 N–H and O–H groups in total. The van der Waals surface area contributed by atoms with Crippen LogP contribution in [0.3, 0.4) is 0 Å². The summed E-state index contributed by atoms with van der Waals surface area (Å²) in [6.45, 7) is 4.75. The third-order valence-corrected chi connectivity index (χ3v) is 5.94. The molecule has 3 rings (SSSR count). The van der Waals surface area contributed by atoms with E-state index in [1.807, 2.05) is 37.3 Å². The number of aryl methyl sites for hydroxylation is 1. The van der Waals surface area contributed by atoms with Gasteiger partial charge < -0.3 is 20.1 Å². The molecule has 0 aliphatic carbocycles. The molecule has 33 heavy (non-hydrogen) atoms. The molecular formula is C26H32FN3O3. The number of amides is 1. The number of aliphatic imine (C=N–C) groups is 1. The largest absolute Gasteiger partial charge is 0.470 e. The van der Waals surface area contributed by atoms with Crippen molar-refractivity contribution in [2.75, 3.05) is 27.0 Å². The van der Waals surface area contributed by atoms with E-state index in [2.05, 4.69) is 4.99 Å². The highest BCUT2D eigenvalue weighted by Gasteiger charge is 2.22. The molecule has 0 radical (unpaired) electrons. The fraction of sp³-hybridized carbons (Fsp3) is 0.385. The molecule has 1 unspecified atom stereocenters. The van der Waals surface area contributed by atoms with E-state index in [0.717, 1.165) is 35.9 Å². The summed E-state index contributed by atoms with van der Waals surface area (Å²) in [6, 6.07) is 9.78. The van der Waals surface area contributed by atoms with Crippen molar-refractivity contribution < 1.29 is 18.7 Å². The summed E-state index contributed by atoms with van der Waals surface area (Å²) < 4.78 is 26.4. The average molecular weight is 454 g/mol. The second kappa shape index (κ2) is 11.6. The van der Waals surface area contributed by atoms with Crippen molar-refractivity contribution in [2.45, 2.75) is 39.2 Å². The molecule has 176 valence electrons. The molecule has 2 aromatic carbocycles. The summed E-state index contributed by atoms with van der Waals surface area (Å²) in [5.74, 6) is -0.205. The molecule has 0 aromatic heterocycles. The van der Waals surface area contributed by atoms with Gasteiger partial charge in [0.2, 0.25) is 6.41 Å². The topological polar surface area (TPSA) is 77.2 Å². The van der Waals surface area contributed by atoms with Crippen LogP contribution in [0.4, 0.5) is 4.39 Å². The van der Waals surface area contributed by atoms with Gasteiger partial charge in [-0.25, -0.2) is 4.39 Å². The Morgan fingerprint density at radius 2 is 2.09 bits per heavy atom. The van der Waals surface area contributed by atoms with Crippen LogP contribution in [0.15, 0.2) is 41.4 Å². The third kappa shape index (κ3) is 6.20. The van der Waals surface area contributed by atoms with Gasteiger partial charge in [-0.3, -0.25) is 9.79 Å². The highest BCUT2D eigenvalue weighted by Crippen LogP contribution is 2.30. The highest BCUT2D eigenvalue weighted by molar-refractivity contribution is 5.83. The number of carbonyl (C=O) groups is 1. The monoisotopic (exact) mass is 453 g/mol. The van der Waals surface area contributed by atoms with E-state index in [0.29, 0.717) is 36.5 Å². The number of hydrogen-bond acceptors (Lipinski definition) is 5. The first kappa shape index (κ1) is 24.5. The van der Waals surface area contributed by atoms with Crippen LogP contribution in [0.5, 0.6) is 5.75 Å². The molecular weight excluding hydrogens is 421 g/mol. The molecule has 2 aromatic rings. The van der Waals surface area contributed by atoms with Crippen LogP contribution in [-0.4, -0.2) is 50.6 Å². The first-order valence-corrected chi connectivity index (χ1v) is 11.1. The van der Waals surface area contributed by atoms with Gasteiger partial charge >= 0.3 is 0 Å². The Hall–Kier alpha value is -3.19. The molecule has 1 aliphatic rings. The average Bonchev–Trinajstić information content (AvgIpc) is 2.84. The Morgan fingerprint density at radius 1 is 1.33 bits per heavy atom. The second-order valence-electron chi connectivity index (χ2n) is 8.29. The molecule has 1 atom stereocenters. The van der Waals surface area contributed by atoms with Gasteiger partial charge in [-0.1, -0.05) is 30.3 Å². The number of hydrogen-bond donors (Lipinski definition) is 1. The molecule has 6 nitrogen and oxygen atoms in total. The number of nitrogens with zero attached hydrogens (tertiary/aromatic N) is 2. The lowest BCUT2D eigenvalue weighted by Gasteiger charge is -2.31. The van der Waals surface area contributed by atoms with E-state index < -0.39 is 5.82 Å². The summed E-state index contributed by atoms with van der Waals surface area (Å²) in [5.41, 5.74) is 10.8. The van der Waals surface area contributed by atoms with Gasteiger partial charge in [0.1, 0.15) is 0 Å². The van der Waals surface area contributed by atoms with Crippen LogP contribution in [-0.2, 0) is 16.0 Å². The molecule has 1 heterocycles. The van der Waals surface area contributed by atoms with Gasteiger partial charge in [-0.2, -0.15) is 0 Å². The number of carbonyl (C=O) groups excluding carboxylic acids is 1. The lowest BCUT2D eigenvalue weighted by Crippen LogP contribution is -2.42. The zero-order chi connectivity index (χ0) is 23.8. The summed E-state index contributed by atoms with van der Waals surface area (Å²) >= 11 is 0. The molecule has 1 fully saturated rings. The first-order valence-electron chi connectivity index (χ1n) is 11.1. The van der Waals surface area contributed by atoms with E-state index in [1.165, 1.54) is 4.90 Å². The molecule has 1 aliphatic heterocycles. The molecule has 1 amide bonds. The summed E-state index contributed by atoms with van der Waals surface area (Å²) in [7, 11) is 1.69. The Bertz CT molecular complexity index is 1010. The van der Waals surface area contributed by atoms with Gasteiger partial charge in [0.05, 0.1) is 12.6 Å². The minimum Gasteiger partial charge on any atom is -0.470 e. The molecule has 0 spiro atoms. The number of rotatable bonds is 9. The maximum atomic E-state index is 15.2. The second-order valence-corrected chi connectivity index (χ2v) is 8.29. The quantitative estimate of drug-likeness (QED) is 0.354. The minimum absolute atomic E-state index is 0.00673. The van der Waals surface area contributed by atoms with Crippen molar-refractivity contribution >= 4 is 18.3 Å². The SMILES string of the molecule is CN=CC=C(N)c1ccc(Cc2cc(C)c(OCN(C=O)C3CCCOC3)c(F)c2C)cc1. The fourth-order valence-electron chi connectivity index (χ4n) is 3.91. The van der Waals surface area contributed by atoms with E-state index in [-0.39, 0.29) is 18.5 Å². The zero-order valence-electron chi connectivity index (χ0n) is 19.5. The van der Waals surface area contributed by atoms with Gasteiger partial charge in [-0.05, 0) is 67.0 Å². The number of ether oxygens (including phenoxy) is 2. The summed E-state index contributed by atoms with van der Waals surface area (Å²) in [4.78, 5) is 17.0. The number of benzene rings is 2. The third-order valence-electron chi connectivity index (χ3n) is 5.94. The summed E-state index contributed by atoms with van der Waals surface area (Å²) in [5, 5.41) is 0. The van der Waals surface area contributed by atoms with Gasteiger partial charge in [0.15, 0.2) is 18.3 Å². The Labute approximate surface area is 194 Å². The van der Waals surface area contributed by atoms with Crippen molar-refractivity contribution in [3.05, 3.63) is 70.0 Å². The van der Waals surface area contributed by atoms with Crippen molar-refractivity contribution in [3.8, 4) is 5.75 Å². The van der Waals surface area contributed by atoms with Crippen LogP contribution in [0.25, 0.3) is 5.70 Å². The zero-order valence-corrected chi connectivity index (χ0v) is 19.5. The van der Waals surface area contributed by atoms with E-state index in [9.17, 15) is 4.79 Å². The Morgan fingerprint density at radius 3 is 2.73 bits per heavy atom. The van der Waals surface area contributed by atoms with E-state index in [4.69, 9.17) is 15.2 Å². The first-order chi connectivity index (χ1) is 15.9. The Kier molecular flexibility index (Phi) is 8.60. The van der Waals surface area contributed by atoms with Crippen LogP contribution in [0, 0.1) is 19.7 Å². The lowest BCUT2D eigenvalue weighted by atomic mass is 9.96. The van der Waals surface area contributed by atoms with Crippen molar-refractivity contribution in [3.63, 3.8) is 0 Å². The molecule has 7 heteroatoms. The Balaban J connectivity index is 1.72. The van der Waals surface area contributed by atoms with Gasteiger partial charge in [0.25, 0.3) is 0 Å². The minimum atomic E-state index is -0.390. The van der Waals surface area contributed by atoms with Gasteiger partial charge in [0, 0.05) is 25.6 Å². The van der Waals surface area contributed by atoms with Crippen molar-refractivity contribution in [1.29, 1.82) is 0 Å². The van der Waals surface area contributed by atoms with Crippen LogP contribution in [0.2, 0.25) is 0 Å². The predicted octanol–water partition coefficient (Wildman–Crippen LogP) is 4.01. The van der Waals surface area contributed by atoms with Crippen LogP contribution in [0.1, 0.15) is 40.7 Å². The van der Waals surface area contributed by atoms with Crippen LogP contribution < -0.4 is 10.5 Å². The highest BCUT2D eigenvalue weighted by atomic mass is 19.1. The van der Waals surface area contributed by atoms with Crippen molar-refractivity contribution in [1.82, 2.24) is 4.90 Å². The number of nitrogens with two attached hydrogens (primary N) is 1. The maximum Gasteiger partial charge on any atom is 0.212 e. The number of halogens is 1. The normalized spacial score (nSPS) is 16.7. The van der Waals surface area contributed by atoms with E-state index in [1.54, 1.807) is 26.3 Å². The van der Waals surface area contributed by atoms with Crippen LogP contribution >= 0.6 is 0 Å².